The van der Waals surface area contributed by atoms with Gasteiger partial charge < -0.3 is 19.0 Å². The summed E-state index contributed by atoms with van der Waals surface area (Å²) in [6.07, 6.45) is 0. The number of benzene rings is 2. The zero-order chi connectivity index (χ0) is 22.6. The number of hydrogen-bond donors (Lipinski definition) is 0. The van der Waals surface area contributed by atoms with E-state index in [1.165, 1.54) is 0 Å². The van der Waals surface area contributed by atoms with Gasteiger partial charge in [-0.15, -0.1) is 5.06 Å². The third-order valence-corrected chi connectivity index (χ3v) is 4.45. The molecular weight excluding hydrogens is 398 g/mol. The fraction of sp³-hybridized carbons (Fsp3) is 0.417. The van der Waals surface area contributed by atoms with Crippen molar-refractivity contribution in [3.63, 3.8) is 0 Å². The minimum atomic E-state index is -0.737. The van der Waals surface area contributed by atoms with Gasteiger partial charge in [-0.1, -0.05) is 18.2 Å². The molecule has 3 rings (SSSR count). The van der Waals surface area contributed by atoms with Crippen LogP contribution in [0.4, 0.5) is 5.69 Å². The van der Waals surface area contributed by atoms with Crippen LogP contribution in [0, 0.1) is 0 Å². The van der Waals surface area contributed by atoms with Gasteiger partial charge >= 0.3 is 5.91 Å². The number of amides is 1. The van der Waals surface area contributed by atoms with E-state index in [0.29, 0.717) is 30.4 Å². The molecule has 1 aliphatic rings. The third kappa shape index (κ3) is 6.06. The number of carbonyl (C=O) groups is 2. The molecule has 31 heavy (non-hydrogen) atoms. The maximum absolute atomic E-state index is 12.4. The molecule has 0 saturated heterocycles. The number of fused-ring (bicyclic) bond motifs is 1. The zero-order valence-corrected chi connectivity index (χ0v) is 18.6. The standard InChI is InChI=1S/C24H29NO6/c1-23(2,3)29-13-14-30-24(4,5)16-28-18-11-12-19-20(15-18)25(22(27)21(19)26)31-17-9-7-6-8-10-17/h6-12,15H,13-14,16H2,1-5H3. The molecule has 0 radical (unpaired) electrons. The van der Waals surface area contributed by atoms with Gasteiger partial charge in [-0.25, -0.2) is 0 Å². The Morgan fingerprint density at radius 2 is 1.52 bits per heavy atom. The molecule has 166 valence electrons. The highest BCUT2D eigenvalue weighted by Gasteiger charge is 2.38. The molecule has 1 amide bonds. The van der Waals surface area contributed by atoms with Gasteiger partial charge in [0, 0.05) is 6.07 Å². The summed E-state index contributed by atoms with van der Waals surface area (Å²) in [6.45, 7) is 11.1. The topological polar surface area (TPSA) is 74.3 Å². The summed E-state index contributed by atoms with van der Waals surface area (Å²) >= 11 is 0. The zero-order valence-electron chi connectivity index (χ0n) is 18.6. The summed E-state index contributed by atoms with van der Waals surface area (Å²) in [6, 6.07) is 13.7. The monoisotopic (exact) mass is 427 g/mol. The van der Waals surface area contributed by atoms with Gasteiger partial charge in [-0.2, -0.15) is 0 Å². The number of para-hydroxylation sites is 1. The van der Waals surface area contributed by atoms with E-state index in [4.69, 9.17) is 19.0 Å². The lowest BCUT2D eigenvalue weighted by molar-refractivity contribution is -0.118. The van der Waals surface area contributed by atoms with Crippen molar-refractivity contribution in [3.8, 4) is 11.5 Å². The number of hydroxylamine groups is 1. The lowest BCUT2D eigenvalue weighted by atomic mass is 10.1. The molecule has 0 atom stereocenters. The smallest absolute Gasteiger partial charge is 0.332 e. The van der Waals surface area contributed by atoms with Crippen molar-refractivity contribution in [2.45, 2.75) is 45.8 Å². The molecule has 0 fully saturated rings. The summed E-state index contributed by atoms with van der Waals surface area (Å²) < 4.78 is 17.4. The molecule has 0 N–H and O–H groups in total. The molecule has 7 nitrogen and oxygen atoms in total. The number of anilines is 1. The summed E-state index contributed by atoms with van der Waals surface area (Å²) in [4.78, 5) is 30.3. The van der Waals surface area contributed by atoms with E-state index >= 15 is 0 Å². The van der Waals surface area contributed by atoms with Crippen LogP contribution in [-0.2, 0) is 14.3 Å². The first-order valence-electron chi connectivity index (χ1n) is 10.2. The number of carbonyl (C=O) groups excluding carboxylic acids is 2. The van der Waals surface area contributed by atoms with Crippen molar-refractivity contribution in [2.24, 2.45) is 0 Å². The Labute approximate surface area is 182 Å². The fourth-order valence-electron chi connectivity index (χ4n) is 2.92. The normalized spacial score (nSPS) is 14.0. The number of rotatable bonds is 9. The summed E-state index contributed by atoms with van der Waals surface area (Å²) in [5.74, 6) is -0.390. The molecule has 1 heterocycles. The molecule has 0 bridgehead atoms. The quantitative estimate of drug-likeness (QED) is 0.441. The van der Waals surface area contributed by atoms with Crippen molar-refractivity contribution in [2.75, 3.05) is 24.9 Å². The van der Waals surface area contributed by atoms with E-state index in [1.54, 1.807) is 42.5 Å². The van der Waals surface area contributed by atoms with Crippen LogP contribution in [0.3, 0.4) is 0 Å². The van der Waals surface area contributed by atoms with Crippen molar-refractivity contribution < 1.29 is 28.6 Å². The molecular formula is C24H29NO6. The lowest BCUT2D eigenvalue weighted by Crippen LogP contribution is -2.34. The number of Topliss-reactive ketones (excluding diaryl/α,β-unsaturated/α-hetero) is 1. The van der Waals surface area contributed by atoms with Crippen LogP contribution in [0.1, 0.15) is 45.0 Å². The number of nitrogens with zero attached hydrogens (tertiary/aromatic N) is 1. The fourth-order valence-corrected chi connectivity index (χ4v) is 2.92. The molecule has 0 unspecified atom stereocenters. The number of hydrogen-bond acceptors (Lipinski definition) is 6. The van der Waals surface area contributed by atoms with Crippen molar-refractivity contribution >= 4 is 17.4 Å². The number of ketones is 1. The Morgan fingerprint density at radius 3 is 2.19 bits per heavy atom. The van der Waals surface area contributed by atoms with Gasteiger partial charge in [-0.3, -0.25) is 9.59 Å². The van der Waals surface area contributed by atoms with E-state index in [2.05, 4.69) is 0 Å². The Kier molecular flexibility index (Phi) is 6.67. The minimum absolute atomic E-state index is 0.211. The van der Waals surface area contributed by atoms with Crippen LogP contribution in [0.15, 0.2) is 48.5 Å². The van der Waals surface area contributed by atoms with E-state index in [0.717, 1.165) is 5.06 Å². The first-order valence-corrected chi connectivity index (χ1v) is 10.2. The lowest BCUT2D eigenvalue weighted by Gasteiger charge is -2.27. The van der Waals surface area contributed by atoms with Crippen molar-refractivity contribution in [3.05, 3.63) is 54.1 Å². The molecule has 0 aromatic heterocycles. The van der Waals surface area contributed by atoms with E-state index in [1.807, 2.05) is 40.7 Å². The number of ether oxygens (including phenoxy) is 3. The predicted octanol–water partition coefficient (Wildman–Crippen LogP) is 4.20. The average molecular weight is 427 g/mol. The second kappa shape index (κ2) is 9.08. The Bertz CT molecular complexity index is 933. The van der Waals surface area contributed by atoms with Crippen molar-refractivity contribution in [1.29, 1.82) is 0 Å². The largest absolute Gasteiger partial charge is 0.491 e. The van der Waals surface area contributed by atoms with Gasteiger partial charge in [-0.05, 0) is 58.9 Å². The van der Waals surface area contributed by atoms with Gasteiger partial charge in [0.05, 0.1) is 35.7 Å². The van der Waals surface area contributed by atoms with Crippen LogP contribution in [0.25, 0.3) is 0 Å². The molecule has 2 aromatic carbocycles. The molecule has 0 spiro atoms. The Morgan fingerprint density at radius 1 is 0.839 bits per heavy atom. The van der Waals surface area contributed by atoms with Crippen LogP contribution in [0.2, 0.25) is 0 Å². The summed E-state index contributed by atoms with van der Waals surface area (Å²) in [7, 11) is 0. The molecule has 1 aliphatic heterocycles. The Hall–Kier alpha value is -2.90. The van der Waals surface area contributed by atoms with E-state index < -0.39 is 17.3 Å². The first kappa shape index (κ1) is 22.8. The van der Waals surface area contributed by atoms with Gasteiger partial charge in [0.1, 0.15) is 12.4 Å². The highest BCUT2D eigenvalue weighted by atomic mass is 16.7. The highest BCUT2D eigenvalue weighted by Crippen LogP contribution is 2.33. The second-order valence-electron chi connectivity index (χ2n) is 8.87. The van der Waals surface area contributed by atoms with Gasteiger partial charge in [0.15, 0.2) is 5.75 Å². The van der Waals surface area contributed by atoms with Gasteiger partial charge in [0.25, 0.3) is 5.78 Å². The highest BCUT2D eigenvalue weighted by molar-refractivity contribution is 6.51. The second-order valence-corrected chi connectivity index (χ2v) is 8.87. The maximum atomic E-state index is 12.4. The maximum Gasteiger partial charge on any atom is 0.332 e. The molecule has 7 heteroatoms. The summed E-state index contributed by atoms with van der Waals surface area (Å²) in [5, 5.41) is 1.01. The Balaban J connectivity index is 1.64. The predicted molar refractivity (Wildman–Crippen MR) is 117 cm³/mol. The van der Waals surface area contributed by atoms with Crippen LogP contribution < -0.4 is 14.6 Å². The molecule has 0 aliphatic carbocycles. The van der Waals surface area contributed by atoms with E-state index in [9.17, 15) is 9.59 Å². The third-order valence-electron chi connectivity index (χ3n) is 4.45. The van der Waals surface area contributed by atoms with Crippen LogP contribution in [-0.4, -0.2) is 42.7 Å². The van der Waals surface area contributed by atoms with Crippen LogP contribution in [0.5, 0.6) is 11.5 Å². The van der Waals surface area contributed by atoms with Crippen molar-refractivity contribution in [1.82, 2.24) is 0 Å². The first-order chi connectivity index (χ1) is 14.6. The molecule has 2 aromatic rings. The average Bonchev–Trinajstić information content (AvgIpc) is 2.94. The summed E-state index contributed by atoms with van der Waals surface area (Å²) in [5.41, 5.74) is -0.125. The van der Waals surface area contributed by atoms with Crippen LogP contribution >= 0.6 is 0 Å². The molecule has 0 saturated carbocycles. The SMILES string of the molecule is CC(C)(C)OCCOC(C)(C)COc1ccc2c(c1)N(Oc1ccccc1)C(=O)C2=O. The van der Waals surface area contributed by atoms with Gasteiger partial charge in [0.2, 0.25) is 0 Å². The van der Waals surface area contributed by atoms with E-state index in [-0.39, 0.29) is 17.8 Å². The minimum Gasteiger partial charge on any atom is -0.491 e.